The predicted octanol–water partition coefficient (Wildman–Crippen LogP) is 2.72. The molecule has 2 aromatic rings. The molecular weight excluding hydrogens is 376 g/mol. The number of benzene rings is 1. The van der Waals surface area contributed by atoms with Gasteiger partial charge in [-0.15, -0.1) is 0 Å². The maximum atomic E-state index is 12.7. The maximum absolute atomic E-state index is 12.7. The van der Waals surface area contributed by atoms with Gasteiger partial charge in [-0.25, -0.2) is 4.90 Å². The Labute approximate surface area is 147 Å². The van der Waals surface area contributed by atoms with Gasteiger partial charge in [0.05, 0.1) is 24.9 Å². The number of imide groups is 1. The van der Waals surface area contributed by atoms with Crippen LogP contribution in [0.2, 0.25) is 0 Å². The second-order valence-electron chi connectivity index (χ2n) is 5.49. The monoisotopic (exact) mass is 390 g/mol. The molecule has 1 aromatic carbocycles. The van der Waals surface area contributed by atoms with E-state index in [9.17, 15) is 14.4 Å². The van der Waals surface area contributed by atoms with Gasteiger partial charge in [0.15, 0.2) is 0 Å². The quantitative estimate of drug-likeness (QED) is 0.752. The van der Waals surface area contributed by atoms with Crippen molar-refractivity contribution in [3.8, 4) is 0 Å². The van der Waals surface area contributed by atoms with E-state index in [4.69, 9.17) is 4.42 Å². The van der Waals surface area contributed by atoms with Crippen LogP contribution in [0.1, 0.15) is 19.1 Å². The highest BCUT2D eigenvalue weighted by Crippen LogP contribution is 2.27. The fourth-order valence-electron chi connectivity index (χ4n) is 2.73. The number of amides is 3. The number of carbonyl (C=O) groups is 3. The maximum Gasteiger partial charge on any atom is 0.257 e. The van der Waals surface area contributed by atoms with Gasteiger partial charge in [-0.1, -0.05) is 15.9 Å². The number of hydrogen-bond donors (Lipinski definition) is 0. The van der Waals surface area contributed by atoms with E-state index >= 15 is 0 Å². The van der Waals surface area contributed by atoms with E-state index in [0.717, 1.165) is 9.37 Å². The molecule has 7 heteroatoms. The normalized spacial score (nSPS) is 17.4. The highest BCUT2D eigenvalue weighted by Gasteiger charge is 2.43. The first-order valence-corrected chi connectivity index (χ1v) is 8.18. The van der Waals surface area contributed by atoms with Crippen LogP contribution >= 0.6 is 15.9 Å². The molecule has 6 nitrogen and oxygen atoms in total. The minimum atomic E-state index is -0.816. The van der Waals surface area contributed by atoms with Crippen LogP contribution < -0.4 is 4.90 Å². The lowest BCUT2D eigenvalue weighted by atomic mass is 10.2. The summed E-state index contributed by atoms with van der Waals surface area (Å²) in [6.45, 7) is 1.53. The van der Waals surface area contributed by atoms with Crippen molar-refractivity contribution in [2.24, 2.45) is 0 Å². The Morgan fingerprint density at radius 3 is 2.58 bits per heavy atom. The minimum Gasteiger partial charge on any atom is -0.467 e. The molecule has 1 unspecified atom stereocenters. The van der Waals surface area contributed by atoms with E-state index in [1.807, 2.05) is 0 Å². The molecule has 1 fully saturated rings. The first-order valence-electron chi connectivity index (χ1n) is 7.39. The second-order valence-corrected chi connectivity index (χ2v) is 6.41. The lowest BCUT2D eigenvalue weighted by molar-refractivity contribution is -0.137. The van der Waals surface area contributed by atoms with Crippen molar-refractivity contribution >= 4 is 39.3 Å². The molecule has 3 rings (SSSR count). The fourth-order valence-corrected chi connectivity index (χ4v) is 3.00. The van der Waals surface area contributed by atoms with Crippen LogP contribution in [0.4, 0.5) is 5.69 Å². The Bertz CT molecular complexity index is 770. The minimum absolute atomic E-state index is 0.0326. The van der Waals surface area contributed by atoms with E-state index in [1.54, 1.807) is 36.4 Å². The Morgan fingerprint density at radius 1 is 1.29 bits per heavy atom. The predicted molar refractivity (Wildman–Crippen MR) is 90.0 cm³/mol. The summed E-state index contributed by atoms with van der Waals surface area (Å²) in [5.74, 6) is -0.440. The number of rotatable bonds is 4. The summed E-state index contributed by atoms with van der Waals surface area (Å²) >= 11 is 3.32. The van der Waals surface area contributed by atoms with Gasteiger partial charge in [-0.2, -0.15) is 0 Å². The number of carbonyl (C=O) groups excluding carboxylic acids is 3. The molecule has 0 bridgehead atoms. The Morgan fingerprint density at radius 2 is 2.00 bits per heavy atom. The van der Waals surface area contributed by atoms with Crippen molar-refractivity contribution in [2.45, 2.75) is 25.9 Å². The van der Waals surface area contributed by atoms with Crippen LogP contribution in [0, 0.1) is 0 Å². The summed E-state index contributed by atoms with van der Waals surface area (Å²) in [6.07, 6.45) is 1.47. The van der Waals surface area contributed by atoms with E-state index < -0.39 is 11.9 Å². The molecule has 0 N–H and O–H groups in total. The van der Waals surface area contributed by atoms with Crippen molar-refractivity contribution in [2.75, 3.05) is 4.90 Å². The number of furan rings is 1. The molecule has 124 valence electrons. The summed E-state index contributed by atoms with van der Waals surface area (Å²) in [4.78, 5) is 39.6. The van der Waals surface area contributed by atoms with Gasteiger partial charge in [0.2, 0.25) is 11.8 Å². The summed E-state index contributed by atoms with van der Waals surface area (Å²) in [5.41, 5.74) is 0.497. The van der Waals surface area contributed by atoms with Crippen LogP contribution in [-0.2, 0) is 20.9 Å². The van der Waals surface area contributed by atoms with E-state index in [2.05, 4.69) is 15.9 Å². The lowest BCUT2D eigenvalue weighted by Gasteiger charge is -2.25. The second kappa shape index (κ2) is 6.60. The Hall–Kier alpha value is -2.41. The Balaban J connectivity index is 1.86. The van der Waals surface area contributed by atoms with Gasteiger partial charge in [-0.3, -0.25) is 14.4 Å². The molecule has 1 aliphatic rings. The van der Waals surface area contributed by atoms with E-state index in [-0.39, 0.29) is 24.8 Å². The summed E-state index contributed by atoms with van der Waals surface area (Å²) in [5, 5.41) is 0. The Kier molecular flexibility index (Phi) is 4.53. The highest BCUT2D eigenvalue weighted by molar-refractivity contribution is 9.10. The number of nitrogens with zero attached hydrogens (tertiary/aromatic N) is 2. The van der Waals surface area contributed by atoms with Gasteiger partial charge >= 0.3 is 0 Å². The van der Waals surface area contributed by atoms with Gasteiger partial charge in [0, 0.05) is 11.4 Å². The molecule has 0 saturated carbocycles. The molecule has 1 atom stereocenters. The first-order chi connectivity index (χ1) is 11.5. The zero-order valence-corrected chi connectivity index (χ0v) is 14.5. The molecule has 1 saturated heterocycles. The van der Waals surface area contributed by atoms with Crippen molar-refractivity contribution in [3.05, 3.63) is 52.9 Å². The van der Waals surface area contributed by atoms with Crippen LogP contribution in [0.5, 0.6) is 0 Å². The van der Waals surface area contributed by atoms with Crippen LogP contribution in [0.3, 0.4) is 0 Å². The number of halogens is 1. The largest absolute Gasteiger partial charge is 0.467 e. The third-order valence-corrected chi connectivity index (χ3v) is 4.42. The lowest BCUT2D eigenvalue weighted by Crippen LogP contribution is -2.44. The molecule has 1 aromatic heterocycles. The third-order valence-electron chi connectivity index (χ3n) is 3.89. The van der Waals surface area contributed by atoms with Gasteiger partial charge in [-0.05, 0) is 36.4 Å². The van der Waals surface area contributed by atoms with Crippen LogP contribution in [0.15, 0.2) is 51.6 Å². The van der Waals surface area contributed by atoms with Crippen molar-refractivity contribution in [3.63, 3.8) is 0 Å². The number of hydrogen-bond acceptors (Lipinski definition) is 4. The third kappa shape index (κ3) is 3.12. The SMILES string of the molecule is CC(=O)N(Cc1ccco1)C1CC(=O)N(c2ccc(Br)cc2)C1=O. The van der Waals surface area contributed by atoms with Crippen molar-refractivity contribution in [1.29, 1.82) is 0 Å². The highest BCUT2D eigenvalue weighted by atomic mass is 79.9. The van der Waals surface area contributed by atoms with Crippen LogP contribution in [0.25, 0.3) is 0 Å². The molecule has 2 heterocycles. The zero-order valence-electron chi connectivity index (χ0n) is 12.9. The molecule has 0 spiro atoms. The van der Waals surface area contributed by atoms with Crippen LogP contribution in [-0.4, -0.2) is 28.7 Å². The average molecular weight is 391 g/mol. The molecular formula is C17H15BrN2O4. The summed E-state index contributed by atoms with van der Waals surface area (Å²) < 4.78 is 6.10. The topological polar surface area (TPSA) is 70.8 Å². The first kappa shape index (κ1) is 16.4. The van der Waals surface area contributed by atoms with Crippen molar-refractivity contribution < 1.29 is 18.8 Å². The smallest absolute Gasteiger partial charge is 0.257 e. The molecule has 0 aliphatic carbocycles. The molecule has 1 aliphatic heterocycles. The molecule has 0 radical (unpaired) electrons. The summed E-state index contributed by atoms with van der Waals surface area (Å²) in [6, 6.07) is 9.51. The molecule has 3 amide bonds. The van der Waals surface area contributed by atoms with Gasteiger partial charge < -0.3 is 9.32 Å². The fraction of sp³-hybridized carbons (Fsp3) is 0.235. The standard InChI is InChI=1S/C17H15BrN2O4/c1-11(21)19(10-14-3-2-8-24-14)15-9-16(22)20(17(15)23)13-6-4-12(18)5-7-13/h2-8,15H,9-10H2,1H3. The summed E-state index contributed by atoms with van der Waals surface area (Å²) in [7, 11) is 0. The van der Waals surface area contributed by atoms with Crippen molar-refractivity contribution in [1.82, 2.24) is 4.90 Å². The average Bonchev–Trinajstić information content (AvgIpc) is 3.14. The molecule has 24 heavy (non-hydrogen) atoms. The van der Waals surface area contributed by atoms with Gasteiger partial charge in [0.1, 0.15) is 11.8 Å². The van der Waals surface area contributed by atoms with Gasteiger partial charge in [0.25, 0.3) is 5.91 Å². The van der Waals surface area contributed by atoms with E-state index in [0.29, 0.717) is 11.4 Å². The number of anilines is 1. The zero-order chi connectivity index (χ0) is 17.3. The van der Waals surface area contributed by atoms with E-state index in [1.165, 1.54) is 18.1 Å².